The Hall–Kier alpha value is -1.76. The summed E-state index contributed by atoms with van der Waals surface area (Å²) in [6.07, 6.45) is 1.08. The predicted molar refractivity (Wildman–Crippen MR) is 88.4 cm³/mol. The molecule has 2 rings (SSSR count). The molecule has 5 nitrogen and oxygen atoms in total. The van der Waals surface area contributed by atoms with Crippen LogP contribution >= 0.6 is 23.2 Å². The minimum absolute atomic E-state index is 0.0716. The fraction of sp³-hybridized carbons (Fsp3) is 0.0714. The molecule has 2 aromatic carbocycles. The van der Waals surface area contributed by atoms with Crippen molar-refractivity contribution in [2.75, 3.05) is 17.3 Å². The zero-order valence-electron chi connectivity index (χ0n) is 11.4. The Labute approximate surface area is 138 Å². The fourth-order valence-corrected chi connectivity index (χ4v) is 3.15. The lowest BCUT2D eigenvalue weighted by Gasteiger charge is -2.10. The van der Waals surface area contributed by atoms with E-state index >= 15 is 0 Å². The number of amides is 1. The second-order valence-corrected chi connectivity index (χ2v) is 7.44. The highest BCUT2D eigenvalue weighted by molar-refractivity contribution is 7.90. The summed E-state index contributed by atoms with van der Waals surface area (Å²) in [6.45, 7) is 0. The molecule has 0 aromatic heterocycles. The molecule has 0 aliphatic carbocycles. The Morgan fingerprint density at radius 1 is 1.14 bits per heavy atom. The SMILES string of the molecule is CS(=O)(=O)c1cccc(NC(=O)c2c(Cl)cc(N)cc2Cl)c1. The van der Waals surface area contributed by atoms with Crippen molar-refractivity contribution in [1.82, 2.24) is 0 Å². The van der Waals surface area contributed by atoms with E-state index in [1.807, 2.05) is 0 Å². The van der Waals surface area contributed by atoms with Gasteiger partial charge in [0.1, 0.15) is 0 Å². The van der Waals surface area contributed by atoms with Gasteiger partial charge < -0.3 is 11.1 Å². The van der Waals surface area contributed by atoms with Crippen molar-refractivity contribution in [3.8, 4) is 0 Å². The van der Waals surface area contributed by atoms with Gasteiger partial charge in [-0.05, 0) is 30.3 Å². The van der Waals surface area contributed by atoms with Crippen LogP contribution in [0, 0.1) is 0 Å². The van der Waals surface area contributed by atoms with Crippen LogP contribution < -0.4 is 11.1 Å². The molecule has 0 radical (unpaired) electrons. The maximum absolute atomic E-state index is 12.3. The summed E-state index contributed by atoms with van der Waals surface area (Å²) < 4.78 is 23.0. The van der Waals surface area contributed by atoms with Gasteiger partial charge in [-0.3, -0.25) is 4.79 Å². The highest BCUT2D eigenvalue weighted by Crippen LogP contribution is 2.28. The quantitative estimate of drug-likeness (QED) is 0.824. The molecule has 0 bridgehead atoms. The first kappa shape index (κ1) is 16.6. The molecule has 0 atom stereocenters. The van der Waals surface area contributed by atoms with E-state index in [0.29, 0.717) is 11.4 Å². The van der Waals surface area contributed by atoms with E-state index in [0.717, 1.165) is 6.26 Å². The van der Waals surface area contributed by atoms with Gasteiger partial charge in [-0.2, -0.15) is 0 Å². The summed E-state index contributed by atoms with van der Waals surface area (Å²) in [5.74, 6) is -0.555. The van der Waals surface area contributed by atoms with Gasteiger partial charge in [0.25, 0.3) is 5.91 Å². The normalized spacial score (nSPS) is 11.2. The van der Waals surface area contributed by atoms with Crippen molar-refractivity contribution in [3.05, 3.63) is 52.0 Å². The molecule has 0 aliphatic heterocycles. The van der Waals surface area contributed by atoms with E-state index in [1.165, 1.54) is 30.3 Å². The molecule has 0 heterocycles. The van der Waals surface area contributed by atoms with Crippen LogP contribution in [0.1, 0.15) is 10.4 Å². The van der Waals surface area contributed by atoms with Gasteiger partial charge in [-0.15, -0.1) is 0 Å². The van der Waals surface area contributed by atoms with Crippen LogP contribution in [-0.2, 0) is 9.84 Å². The summed E-state index contributed by atoms with van der Waals surface area (Å²) in [5.41, 5.74) is 6.31. The molecule has 0 spiro atoms. The highest BCUT2D eigenvalue weighted by atomic mass is 35.5. The molecular formula is C14H12Cl2N2O3S. The Kier molecular flexibility index (Phi) is 4.65. The van der Waals surface area contributed by atoms with Crippen LogP contribution in [0.4, 0.5) is 11.4 Å². The van der Waals surface area contributed by atoms with Gasteiger partial charge in [0.05, 0.1) is 20.5 Å². The van der Waals surface area contributed by atoms with Crippen LogP contribution in [0.25, 0.3) is 0 Å². The number of benzene rings is 2. The number of sulfone groups is 1. The minimum Gasteiger partial charge on any atom is -0.399 e. The molecule has 2 aromatic rings. The minimum atomic E-state index is -3.37. The monoisotopic (exact) mass is 358 g/mol. The second kappa shape index (κ2) is 6.16. The number of rotatable bonds is 3. The first-order chi connectivity index (χ1) is 10.2. The third-order valence-corrected chi connectivity index (χ3v) is 4.52. The van der Waals surface area contributed by atoms with Gasteiger partial charge in [-0.1, -0.05) is 29.3 Å². The lowest BCUT2D eigenvalue weighted by Crippen LogP contribution is -2.14. The molecule has 3 N–H and O–H groups in total. The van der Waals surface area contributed by atoms with E-state index in [4.69, 9.17) is 28.9 Å². The number of anilines is 2. The average molecular weight is 359 g/mol. The topological polar surface area (TPSA) is 89.3 Å². The number of nitrogen functional groups attached to an aromatic ring is 1. The van der Waals surface area contributed by atoms with Crippen molar-refractivity contribution in [2.45, 2.75) is 4.90 Å². The molecule has 8 heteroatoms. The molecule has 0 saturated carbocycles. The number of hydrogen-bond acceptors (Lipinski definition) is 4. The molecule has 0 aliphatic rings. The van der Waals surface area contributed by atoms with Crippen LogP contribution in [0.3, 0.4) is 0 Å². The van der Waals surface area contributed by atoms with E-state index in [9.17, 15) is 13.2 Å². The Morgan fingerprint density at radius 2 is 1.73 bits per heavy atom. The van der Waals surface area contributed by atoms with Crippen molar-refractivity contribution in [2.24, 2.45) is 0 Å². The molecule has 0 unspecified atom stereocenters. The van der Waals surface area contributed by atoms with E-state index in [-0.39, 0.29) is 20.5 Å². The Balaban J connectivity index is 2.34. The van der Waals surface area contributed by atoms with Crippen molar-refractivity contribution < 1.29 is 13.2 Å². The zero-order valence-corrected chi connectivity index (χ0v) is 13.8. The summed E-state index contributed by atoms with van der Waals surface area (Å²) in [4.78, 5) is 12.4. The highest BCUT2D eigenvalue weighted by Gasteiger charge is 2.16. The van der Waals surface area contributed by atoms with Crippen molar-refractivity contribution in [1.29, 1.82) is 0 Å². The van der Waals surface area contributed by atoms with Crippen LogP contribution in [0.15, 0.2) is 41.3 Å². The fourth-order valence-electron chi connectivity index (χ4n) is 1.81. The third-order valence-electron chi connectivity index (χ3n) is 2.81. The maximum atomic E-state index is 12.3. The second-order valence-electron chi connectivity index (χ2n) is 4.61. The van der Waals surface area contributed by atoms with Crippen LogP contribution in [0.5, 0.6) is 0 Å². The molecule has 1 amide bonds. The van der Waals surface area contributed by atoms with E-state index < -0.39 is 15.7 Å². The van der Waals surface area contributed by atoms with Crippen molar-refractivity contribution >= 4 is 50.3 Å². The number of nitrogens with one attached hydrogen (secondary N) is 1. The van der Waals surface area contributed by atoms with Gasteiger partial charge >= 0.3 is 0 Å². The summed E-state index contributed by atoms with van der Waals surface area (Å²) in [6, 6.07) is 8.70. The lowest BCUT2D eigenvalue weighted by atomic mass is 10.2. The Bertz CT molecular complexity index is 828. The smallest absolute Gasteiger partial charge is 0.258 e. The molecule has 22 heavy (non-hydrogen) atoms. The predicted octanol–water partition coefficient (Wildman–Crippen LogP) is 3.23. The van der Waals surface area contributed by atoms with Crippen LogP contribution in [-0.4, -0.2) is 20.6 Å². The van der Waals surface area contributed by atoms with Crippen LogP contribution in [0.2, 0.25) is 10.0 Å². The molecule has 116 valence electrons. The first-order valence-electron chi connectivity index (χ1n) is 6.04. The largest absolute Gasteiger partial charge is 0.399 e. The third kappa shape index (κ3) is 3.71. The number of halogens is 2. The average Bonchev–Trinajstić information content (AvgIpc) is 2.36. The number of nitrogens with two attached hydrogens (primary N) is 1. The van der Waals surface area contributed by atoms with Gasteiger partial charge in [0, 0.05) is 17.6 Å². The Morgan fingerprint density at radius 3 is 2.27 bits per heavy atom. The molecular weight excluding hydrogens is 347 g/mol. The van der Waals surface area contributed by atoms with Gasteiger partial charge in [0.2, 0.25) is 0 Å². The maximum Gasteiger partial charge on any atom is 0.258 e. The summed E-state index contributed by atoms with van der Waals surface area (Å²) in [5, 5.41) is 2.78. The van der Waals surface area contributed by atoms with E-state index in [1.54, 1.807) is 6.07 Å². The van der Waals surface area contributed by atoms with Gasteiger partial charge in [-0.25, -0.2) is 8.42 Å². The summed E-state index contributed by atoms with van der Waals surface area (Å²) >= 11 is 12.0. The number of carbonyl (C=O) groups excluding carboxylic acids is 1. The molecule has 0 saturated heterocycles. The first-order valence-corrected chi connectivity index (χ1v) is 8.69. The van der Waals surface area contributed by atoms with E-state index in [2.05, 4.69) is 5.32 Å². The standard InChI is InChI=1S/C14H12Cl2N2O3S/c1-22(20,21)10-4-2-3-9(7-10)18-14(19)13-11(15)5-8(17)6-12(13)16/h2-7H,17H2,1H3,(H,18,19). The summed E-state index contributed by atoms with van der Waals surface area (Å²) in [7, 11) is -3.37. The van der Waals surface area contributed by atoms with Gasteiger partial charge in [0.15, 0.2) is 9.84 Å². The lowest BCUT2D eigenvalue weighted by molar-refractivity contribution is 0.102. The number of hydrogen-bond donors (Lipinski definition) is 2. The zero-order chi connectivity index (χ0) is 16.5. The van der Waals surface area contributed by atoms with Crippen molar-refractivity contribution in [3.63, 3.8) is 0 Å². The molecule has 0 fully saturated rings. The number of carbonyl (C=O) groups is 1.